The van der Waals surface area contributed by atoms with Crippen LogP contribution in [0.4, 0.5) is 4.79 Å². The van der Waals surface area contributed by atoms with Crippen molar-refractivity contribution in [1.82, 2.24) is 24.8 Å². The van der Waals surface area contributed by atoms with Gasteiger partial charge in [0.1, 0.15) is 0 Å². The van der Waals surface area contributed by atoms with Crippen LogP contribution in [0.1, 0.15) is 51.0 Å². The van der Waals surface area contributed by atoms with Gasteiger partial charge < -0.3 is 19.5 Å². The van der Waals surface area contributed by atoms with Crippen molar-refractivity contribution in [3.8, 4) is 0 Å². The van der Waals surface area contributed by atoms with Crippen LogP contribution in [0.25, 0.3) is 21.9 Å². The van der Waals surface area contributed by atoms with Gasteiger partial charge in [-0.1, -0.05) is 13.8 Å². The summed E-state index contributed by atoms with van der Waals surface area (Å²) in [4.78, 5) is 29.4. The zero-order valence-electron chi connectivity index (χ0n) is 19.1. The Morgan fingerprint density at radius 2 is 2.00 bits per heavy atom. The molecule has 3 aromatic heterocycles. The second kappa shape index (κ2) is 9.06. The summed E-state index contributed by atoms with van der Waals surface area (Å²) in [5, 5.41) is 2.33. The van der Waals surface area contributed by atoms with Gasteiger partial charge in [0.2, 0.25) is 0 Å². The van der Waals surface area contributed by atoms with Crippen LogP contribution in [0, 0.1) is 5.92 Å². The minimum Gasteiger partial charge on any atom is -0.376 e. The predicted octanol–water partition coefficient (Wildman–Crippen LogP) is 4.55. The molecule has 2 fully saturated rings. The van der Waals surface area contributed by atoms with Crippen LogP contribution in [0.3, 0.4) is 0 Å². The number of hydrogen-bond acceptors (Lipinski definition) is 4. The van der Waals surface area contributed by atoms with Crippen molar-refractivity contribution in [3.63, 3.8) is 0 Å². The zero-order chi connectivity index (χ0) is 22.1. The van der Waals surface area contributed by atoms with E-state index in [1.165, 1.54) is 10.9 Å². The highest BCUT2D eigenvalue weighted by molar-refractivity contribution is 6.05. The van der Waals surface area contributed by atoms with Crippen molar-refractivity contribution >= 4 is 28.0 Å². The standard InChI is InChI=1S/C25H33N5O2/c1-17(2)16-32-19-4-3-11-30(15-19)25(31)29-12-7-18(8-13-29)20-5-9-26-22-14-28-24-21(23(20)22)6-10-27-24/h5-6,9-10,14,17-19,26H,3-4,7-8,11-13,15-16H2,1-2H3. The topological polar surface area (TPSA) is 74.3 Å². The maximum atomic E-state index is 13.2. The second-order valence-corrected chi connectivity index (χ2v) is 9.64. The largest absolute Gasteiger partial charge is 0.376 e. The van der Waals surface area contributed by atoms with Crippen LogP contribution in [0.5, 0.6) is 0 Å². The SMILES string of the molecule is CC(C)COC1CCCN(C(=O)N2CCC(c3cc[nH]c4cnc5nccc5c34)CC2)C1. The molecular weight excluding hydrogens is 402 g/mol. The number of aromatic nitrogens is 3. The molecule has 0 radical (unpaired) electrons. The van der Waals surface area contributed by atoms with E-state index in [1.54, 1.807) is 0 Å². The van der Waals surface area contributed by atoms with Gasteiger partial charge in [0, 0.05) is 56.0 Å². The first-order valence-corrected chi connectivity index (χ1v) is 12.0. The molecule has 0 saturated carbocycles. The highest BCUT2D eigenvalue weighted by Crippen LogP contribution is 2.35. The number of nitrogens with one attached hydrogen (secondary N) is 1. The molecule has 0 aromatic carbocycles. The number of pyridine rings is 2. The molecule has 2 amide bonds. The fourth-order valence-electron chi connectivity index (χ4n) is 5.18. The smallest absolute Gasteiger partial charge is 0.320 e. The quantitative estimate of drug-likeness (QED) is 0.653. The van der Waals surface area contributed by atoms with Crippen LogP contribution in [0.2, 0.25) is 0 Å². The molecule has 32 heavy (non-hydrogen) atoms. The molecular formula is C25H33N5O2. The van der Waals surface area contributed by atoms with Gasteiger partial charge in [-0.05, 0) is 55.2 Å². The molecule has 5 heterocycles. The van der Waals surface area contributed by atoms with Crippen LogP contribution < -0.4 is 0 Å². The summed E-state index contributed by atoms with van der Waals surface area (Å²) >= 11 is 0. The maximum absolute atomic E-state index is 13.2. The molecule has 170 valence electrons. The Hall–Kier alpha value is -2.67. The molecule has 1 atom stereocenters. The summed E-state index contributed by atoms with van der Waals surface area (Å²) in [5.74, 6) is 0.952. The summed E-state index contributed by atoms with van der Waals surface area (Å²) in [6.07, 6.45) is 9.91. The lowest BCUT2D eigenvalue weighted by Crippen LogP contribution is -2.51. The van der Waals surface area contributed by atoms with Crippen LogP contribution in [-0.2, 0) is 4.74 Å². The normalized spacial score (nSPS) is 20.5. The number of H-pyrrole nitrogens is 1. The molecule has 0 spiro atoms. The number of hydrogen-bond donors (Lipinski definition) is 1. The van der Waals surface area contributed by atoms with E-state index in [2.05, 4.69) is 40.9 Å². The molecule has 5 rings (SSSR count). The van der Waals surface area contributed by atoms with Gasteiger partial charge in [-0.3, -0.25) is 0 Å². The van der Waals surface area contributed by atoms with Crippen LogP contribution >= 0.6 is 0 Å². The molecule has 7 heteroatoms. The fraction of sp³-hybridized carbons (Fsp3) is 0.560. The summed E-state index contributed by atoms with van der Waals surface area (Å²) < 4.78 is 6.03. The van der Waals surface area contributed by atoms with Crippen molar-refractivity contribution in [1.29, 1.82) is 0 Å². The molecule has 7 nitrogen and oxygen atoms in total. The van der Waals surface area contributed by atoms with Gasteiger partial charge in [-0.15, -0.1) is 0 Å². The summed E-state index contributed by atoms with van der Waals surface area (Å²) in [6, 6.07) is 4.42. The summed E-state index contributed by atoms with van der Waals surface area (Å²) in [7, 11) is 0. The number of rotatable bonds is 4. The lowest BCUT2D eigenvalue weighted by molar-refractivity contribution is -0.00661. The summed E-state index contributed by atoms with van der Waals surface area (Å²) in [5.41, 5.74) is 3.18. The van der Waals surface area contributed by atoms with Crippen molar-refractivity contribution < 1.29 is 9.53 Å². The minimum atomic E-state index is 0.175. The number of ether oxygens (including phenoxy) is 1. The number of carbonyl (C=O) groups excluding carboxylic acids is 1. The van der Waals surface area contributed by atoms with Gasteiger partial charge in [0.25, 0.3) is 0 Å². The predicted molar refractivity (Wildman–Crippen MR) is 126 cm³/mol. The number of fused-ring (bicyclic) bond motifs is 3. The number of urea groups is 1. The number of likely N-dealkylation sites (tertiary alicyclic amines) is 2. The third-order valence-electron chi connectivity index (χ3n) is 6.84. The second-order valence-electron chi connectivity index (χ2n) is 9.64. The van der Waals surface area contributed by atoms with Crippen molar-refractivity contribution in [3.05, 3.63) is 36.3 Å². The lowest BCUT2D eigenvalue weighted by atomic mass is 9.87. The Balaban J connectivity index is 1.26. The fourth-order valence-corrected chi connectivity index (χ4v) is 5.18. The number of amides is 2. The first kappa shape index (κ1) is 21.2. The molecule has 2 aliphatic rings. The molecule has 0 aliphatic carbocycles. The average molecular weight is 436 g/mol. The average Bonchev–Trinajstić information content (AvgIpc) is 3.31. The van der Waals surface area contributed by atoms with Crippen molar-refractivity contribution in [2.45, 2.75) is 51.6 Å². The number of piperidine rings is 2. The van der Waals surface area contributed by atoms with Crippen LogP contribution in [0.15, 0.2) is 30.7 Å². The van der Waals surface area contributed by atoms with Gasteiger partial charge >= 0.3 is 6.03 Å². The molecule has 2 saturated heterocycles. The summed E-state index contributed by atoms with van der Waals surface area (Å²) in [6.45, 7) is 8.26. The Labute approximate surface area is 189 Å². The third kappa shape index (κ3) is 4.18. The molecule has 2 aliphatic heterocycles. The van der Waals surface area contributed by atoms with Gasteiger partial charge in [0.05, 0.1) is 17.8 Å². The lowest BCUT2D eigenvalue weighted by Gasteiger charge is -2.39. The van der Waals surface area contributed by atoms with Crippen LogP contribution in [-0.4, -0.2) is 69.7 Å². The van der Waals surface area contributed by atoms with E-state index < -0.39 is 0 Å². The number of nitrogens with zero attached hydrogens (tertiary/aromatic N) is 4. The van der Waals surface area contributed by atoms with E-state index in [4.69, 9.17) is 4.74 Å². The highest BCUT2D eigenvalue weighted by atomic mass is 16.5. The van der Waals surface area contributed by atoms with Gasteiger partial charge in [-0.2, -0.15) is 0 Å². The molecule has 3 aromatic rings. The van der Waals surface area contributed by atoms with E-state index >= 15 is 0 Å². The van der Waals surface area contributed by atoms with E-state index in [9.17, 15) is 4.79 Å². The Bertz CT molecular complexity index is 1090. The molecule has 0 bridgehead atoms. The molecule has 1 N–H and O–H groups in total. The third-order valence-corrected chi connectivity index (χ3v) is 6.84. The Morgan fingerprint density at radius 3 is 2.81 bits per heavy atom. The highest BCUT2D eigenvalue weighted by Gasteiger charge is 2.31. The minimum absolute atomic E-state index is 0.175. The van der Waals surface area contributed by atoms with Gasteiger partial charge in [0.15, 0.2) is 5.65 Å². The van der Waals surface area contributed by atoms with Crippen molar-refractivity contribution in [2.75, 3.05) is 32.8 Å². The molecule has 1 unspecified atom stereocenters. The number of carbonyl (C=O) groups is 1. The van der Waals surface area contributed by atoms with E-state index in [-0.39, 0.29) is 12.1 Å². The number of aromatic amines is 1. The van der Waals surface area contributed by atoms with E-state index in [0.29, 0.717) is 11.8 Å². The first-order chi connectivity index (χ1) is 15.6. The Morgan fingerprint density at radius 1 is 1.16 bits per heavy atom. The van der Waals surface area contributed by atoms with Gasteiger partial charge in [-0.25, -0.2) is 14.8 Å². The maximum Gasteiger partial charge on any atom is 0.320 e. The van der Waals surface area contributed by atoms with E-state index in [0.717, 1.165) is 75.0 Å². The zero-order valence-corrected chi connectivity index (χ0v) is 19.1. The monoisotopic (exact) mass is 435 g/mol. The van der Waals surface area contributed by atoms with Crippen molar-refractivity contribution in [2.24, 2.45) is 5.92 Å². The first-order valence-electron chi connectivity index (χ1n) is 12.0. The Kier molecular flexibility index (Phi) is 6.00. The van der Waals surface area contributed by atoms with E-state index in [1.807, 2.05) is 28.4 Å².